The van der Waals surface area contributed by atoms with E-state index in [9.17, 15) is 9.90 Å². The van der Waals surface area contributed by atoms with Crippen molar-refractivity contribution in [3.8, 4) is 0 Å². The van der Waals surface area contributed by atoms with Crippen LogP contribution in [0.25, 0.3) is 11.0 Å². The van der Waals surface area contributed by atoms with Gasteiger partial charge in [0.1, 0.15) is 0 Å². The van der Waals surface area contributed by atoms with Gasteiger partial charge in [-0.2, -0.15) is 0 Å². The van der Waals surface area contributed by atoms with Crippen molar-refractivity contribution >= 4 is 22.6 Å². The number of aromatic nitrogens is 3. The summed E-state index contributed by atoms with van der Waals surface area (Å²) in [6, 6.07) is 5.89. The fourth-order valence-electron chi connectivity index (χ4n) is 3.70. The van der Waals surface area contributed by atoms with E-state index in [1.165, 1.54) is 17.1 Å². The molecule has 0 radical (unpaired) electrons. The first-order chi connectivity index (χ1) is 12.1. The average Bonchev–Trinajstić information content (AvgIpc) is 3.19. The Hall–Kier alpha value is -1.96. The lowest BCUT2D eigenvalue weighted by atomic mass is 9.98. The van der Waals surface area contributed by atoms with Gasteiger partial charge in [0.15, 0.2) is 0 Å². The van der Waals surface area contributed by atoms with Gasteiger partial charge in [-0.3, -0.25) is 4.57 Å². The molecule has 25 heavy (non-hydrogen) atoms. The number of nitrogens with zero attached hydrogens (tertiary/aromatic N) is 2. The molecular formula is C18H22N4O2S. The molecule has 0 fully saturated rings. The maximum Gasteiger partial charge on any atom is 0.326 e. The molecule has 0 amide bonds. The van der Waals surface area contributed by atoms with E-state index in [0.717, 1.165) is 29.4 Å². The smallest absolute Gasteiger partial charge is 0.326 e. The highest BCUT2D eigenvalue weighted by molar-refractivity contribution is 7.03. The predicted molar refractivity (Wildman–Crippen MR) is 99.0 cm³/mol. The Bertz CT molecular complexity index is 915. The highest BCUT2D eigenvalue weighted by Gasteiger charge is 2.29. The molecule has 3 heterocycles. The summed E-state index contributed by atoms with van der Waals surface area (Å²) >= 11 is 1.48. The van der Waals surface area contributed by atoms with Crippen LogP contribution in [-0.4, -0.2) is 31.1 Å². The third-order valence-corrected chi connectivity index (χ3v) is 5.67. The second-order valence-corrected chi connectivity index (χ2v) is 7.46. The highest BCUT2D eigenvalue weighted by atomic mass is 32.1. The summed E-state index contributed by atoms with van der Waals surface area (Å²) in [5, 5.41) is 16.6. The Kier molecular flexibility index (Phi) is 4.45. The van der Waals surface area contributed by atoms with E-state index in [2.05, 4.69) is 27.0 Å². The van der Waals surface area contributed by atoms with Crippen molar-refractivity contribution < 1.29 is 5.11 Å². The molecule has 0 saturated heterocycles. The molecule has 0 spiro atoms. The van der Waals surface area contributed by atoms with Gasteiger partial charge < -0.3 is 15.4 Å². The van der Waals surface area contributed by atoms with Crippen LogP contribution in [0.3, 0.4) is 0 Å². The normalized spacial score (nSPS) is 21.4. The maximum absolute atomic E-state index is 12.2. The number of H-pyrrole nitrogens is 1. The van der Waals surface area contributed by atoms with Gasteiger partial charge in [-0.05, 0) is 49.3 Å². The second-order valence-electron chi connectivity index (χ2n) is 6.80. The average molecular weight is 358 g/mol. The number of rotatable bonds is 5. The standard InChI is InChI=1S/C18H22N4O2S/c1-11(5-6-12-9-19-25-10-12)20-15-7-8-22-16-13(17(15)23)3-2-4-14(16)21-18(22)24/h2-4,9-11,15,17,20,23H,5-8H2,1H3,(H,21,24). The van der Waals surface area contributed by atoms with Crippen LogP contribution < -0.4 is 11.0 Å². The molecule has 7 heteroatoms. The zero-order valence-corrected chi connectivity index (χ0v) is 14.9. The molecule has 2 aromatic heterocycles. The molecule has 3 atom stereocenters. The molecule has 0 bridgehead atoms. The summed E-state index contributed by atoms with van der Waals surface area (Å²) in [5.41, 5.74) is 3.60. The molecule has 0 aliphatic carbocycles. The van der Waals surface area contributed by atoms with Crippen molar-refractivity contribution in [2.75, 3.05) is 0 Å². The zero-order chi connectivity index (χ0) is 17.4. The minimum atomic E-state index is -0.627. The molecule has 132 valence electrons. The Morgan fingerprint density at radius 2 is 2.40 bits per heavy atom. The molecular weight excluding hydrogens is 336 g/mol. The Morgan fingerprint density at radius 3 is 3.20 bits per heavy atom. The van der Waals surface area contributed by atoms with E-state index in [1.54, 1.807) is 4.57 Å². The first-order valence-corrected chi connectivity index (χ1v) is 9.51. The van der Waals surface area contributed by atoms with E-state index in [1.807, 2.05) is 24.4 Å². The largest absolute Gasteiger partial charge is 0.387 e. The summed E-state index contributed by atoms with van der Waals surface area (Å²) in [6.45, 7) is 2.75. The van der Waals surface area contributed by atoms with Gasteiger partial charge in [0.25, 0.3) is 0 Å². The summed E-state index contributed by atoms with van der Waals surface area (Å²) in [4.78, 5) is 15.0. The fourth-order valence-corrected chi connectivity index (χ4v) is 4.27. The molecule has 3 aromatic rings. The molecule has 3 unspecified atom stereocenters. The number of aliphatic hydroxyl groups excluding tert-OH is 1. The van der Waals surface area contributed by atoms with E-state index >= 15 is 0 Å². The van der Waals surface area contributed by atoms with E-state index in [-0.39, 0.29) is 17.8 Å². The topological polar surface area (TPSA) is 82.9 Å². The Morgan fingerprint density at radius 1 is 1.52 bits per heavy atom. The number of hydrogen-bond acceptors (Lipinski definition) is 5. The van der Waals surface area contributed by atoms with Crippen LogP contribution in [0.5, 0.6) is 0 Å². The minimum absolute atomic E-state index is 0.0690. The number of imidazole rings is 1. The fraction of sp³-hybridized carbons (Fsp3) is 0.444. The molecule has 1 aliphatic heterocycles. The minimum Gasteiger partial charge on any atom is -0.387 e. The molecule has 6 nitrogen and oxygen atoms in total. The molecule has 4 rings (SSSR count). The van der Waals surface area contributed by atoms with Crippen LogP contribution >= 0.6 is 11.5 Å². The Labute approximate surface area is 149 Å². The van der Waals surface area contributed by atoms with Gasteiger partial charge in [0, 0.05) is 35.8 Å². The number of para-hydroxylation sites is 1. The maximum atomic E-state index is 12.2. The number of hydrogen-bond donors (Lipinski definition) is 3. The number of aryl methyl sites for hydroxylation is 2. The SMILES string of the molecule is CC(CCc1cnsc1)NC1CCn2c(=O)[nH]c3cccc(c32)C1O. The molecule has 1 aromatic carbocycles. The molecule has 3 N–H and O–H groups in total. The van der Waals surface area contributed by atoms with Crippen molar-refractivity contribution in [3.63, 3.8) is 0 Å². The number of aliphatic hydroxyl groups is 1. The van der Waals surface area contributed by atoms with Crippen LogP contribution in [0, 0.1) is 0 Å². The van der Waals surface area contributed by atoms with Crippen LogP contribution in [0.15, 0.2) is 34.6 Å². The third kappa shape index (κ3) is 3.15. The van der Waals surface area contributed by atoms with Gasteiger partial charge in [0.2, 0.25) is 0 Å². The van der Waals surface area contributed by atoms with Crippen LogP contribution in [0.4, 0.5) is 0 Å². The highest BCUT2D eigenvalue weighted by Crippen LogP contribution is 2.30. The first kappa shape index (κ1) is 16.5. The van der Waals surface area contributed by atoms with Gasteiger partial charge in [0.05, 0.1) is 17.1 Å². The summed E-state index contributed by atoms with van der Waals surface area (Å²) in [6.07, 6.45) is 3.96. The third-order valence-electron chi connectivity index (χ3n) is 5.04. The summed E-state index contributed by atoms with van der Waals surface area (Å²) < 4.78 is 5.88. The number of nitrogens with one attached hydrogen (secondary N) is 2. The van der Waals surface area contributed by atoms with Crippen molar-refractivity contribution in [1.29, 1.82) is 0 Å². The summed E-state index contributed by atoms with van der Waals surface area (Å²) in [7, 11) is 0. The van der Waals surface area contributed by atoms with Gasteiger partial charge in [-0.15, -0.1) is 0 Å². The van der Waals surface area contributed by atoms with Crippen molar-refractivity contribution in [1.82, 2.24) is 19.2 Å². The van der Waals surface area contributed by atoms with E-state index in [0.29, 0.717) is 13.0 Å². The quantitative estimate of drug-likeness (QED) is 0.653. The van der Waals surface area contributed by atoms with Crippen LogP contribution in [-0.2, 0) is 13.0 Å². The number of aromatic amines is 1. The molecule has 0 saturated carbocycles. The van der Waals surface area contributed by atoms with Crippen LogP contribution in [0.1, 0.15) is 37.0 Å². The Balaban J connectivity index is 1.51. The number of benzene rings is 1. The first-order valence-electron chi connectivity index (χ1n) is 8.67. The van der Waals surface area contributed by atoms with Crippen molar-refractivity contribution in [2.45, 2.75) is 50.9 Å². The monoisotopic (exact) mass is 358 g/mol. The zero-order valence-electron chi connectivity index (χ0n) is 14.1. The lowest BCUT2D eigenvalue weighted by Gasteiger charge is -2.26. The van der Waals surface area contributed by atoms with Crippen molar-refractivity contribution in [3.05, 3.63) is 51.4 Å². The van der Waals surface area contributed by atoms with Crippen LogP contribution in [0.2, 0.25) is 0 Å². The van der Waals surface area contributed by atoms with Crippen molar-refractivity contribution in [2.24, 2.45) is 0 Å². The molecule has 1 aliphatic rings. The summed E-state index contributed by atoms with van der Waals surface area (Å²) in [5.74, 6) is 0. The lowest BCUT2D eigenvalue weighted by Crippen LogP contribution is -2.41. The van der Waals surface area contributed by atoms with E-state index < -0.39 is 6.10 Å². The van der Waals surface area contributed by atoms with Gasteiger partial charge in [-0.1, -0.05) is 12.1 Å². The lowest BCUT2D eigenvalue weighted by molar-refractivity contribution is 0.119. The van der Waals surface area contributed by atoms with E-state index in [4.69, 9.17) is 0 Å². The van der Waals surface area contributed by atoms with Gasteiger partial charge in [-0.25, -0.2) is 9.17 Å². The predicted octanol–water partition coefficient (Wildman–Crippen LogP) is 2.20. The van der Waals surface area contributed by atoms with Gasteiger partial charge >= 0.3 is 5.69 Å². The second kappa shape index (κ2) is 6.74.